The van der Waals surface area contributed by atoms with Crippen LogP contribution in [0.1, 0.15) is 19.3 Å². The van der Waals surface area contributed by atoms with Gasteiger partial charge in [0.1, 0.15) is 4.90 Å². The topological polar surface area (TPSA) is 63.2 Å². The maximum absolute atomic E-state index is 12.5. The number of rotatable bonds is 0. The van der Waals surface area contributed by atoms with Gasteiger partial charge in [-0.2, -0.15) is 0 Å². The molecule has 90 valence electrons. The summed E-state index contributed by atoms with van der Waals surface area (Å²) in [6, 6.07) is 4.71. The summed E-state index contributed by atoms with van der Waals surface area (Å²) in [5.41, 5.74) is 0.292. The van der Waals surface area contributed by atoms with Gasteiger partial charge in [0.15, 0.2) is 14.6 Å². The molecule has 4 nitrogen and oxygen atoms in total. The van der Waals surface area contributed by atoms with Gasteiger partial charge in [0.2, 0.25) is 5.91 Å². The van der Waals surface area contributed by atoms with Crippen molar-refractivity contribution < 1.29 is 13.2 Å². The fourth-order valence-electron chi connectivity index (χ4n) is 2.43. The first-order valence-electron chi connectivity index (χ1n) is 5.34. The van der Waals surface area contributed by atoms with Gasteiger partial charge < -0.3 is 5.32 Å². The molecule has 1 aromatic carbocycles. The number of sulfone groups is 1. The smallest absolute Gasteiger partial charge is 0.246 e. The van der Waals surface area contributed by atoms with Crippen LogP contribution < -0.4 is 5.32 Å². The number of carbonyl (C=O) groups excluding carboxylic acids is 1. The Morgan fingerprint density at radius 2 is 2.00 bits per heavy atom. The highest BCUT2D eigenvalue weighted by Crippen LogP contribution is 2.49. The second-order valence-corrected chi connectivity index (χ2v) is 7.03. The predicted molar refractivity (Wildman–Crippen MR) is 63.8 cm³/mol. The van der Waals surface area contributed by atoms with Gasteiger partial charge in [0.05, 0.1) is 10.7 Å². The van der Waals surface area contributed by atoms with Crippen molar-refractivity contribution in [2.24, 2.45) is 0 Å². The summed E-state index contributed by atoms with van der Waals surface area (Å²) in [4.78, 5) is 12.0. The van der Waals surface area contributed by atoms with Gasteiger partial charge in [0.25, 0.3) is 0 Å². The molecular formula is C11H10ClNO3S. The monoisotopic (exact) mass is 271 g/mol. The zero-order valence-corrected chi connectivity index (χ0v) is 10.4. The third-order valence-corrected chi connectivity index (χ3v) is 6.60. The van der Waals surface area contributed by atoms with Crippen LogP contribution in [-0.4, -0.2) is 19.1 Å². The van der Waals surface area contributed by atoms with E-state index in [1.807, 2.05) is 0 Å². The lowest BCUT2D eigenvalue weighted by Crippen LogP contribution is -2.57. The van der Waals surface area contributed by atoms with Gasteiger partial charge in [-0.15, -0.1) is 0 Å². The van der Waals surface area contributed by atoms with E-state index in [-0.39, 0.29) is 9.92 Å². The Balaban J connectivity index is 2.33. The maximum atomic E-state index is 12.5. The van der Waals surface area contributed by atoms with E-state index in [4.69, 9.17) is 11.6 Å². The summed E-state index contributed by atoms with van der Waals surface area (Å²) in [5, 5.41) is 2.82. The molecule has 3 rings (SSSR count). The average Bonchev–Trinajstić information content (AvgIpc) is 2.12. The summed E-state index contributed by atoms with van der Waals surface area (Å²) in [6.45, 7) is 0. The van der Waals surface area contributed by atoms with E-state index >= 15 is 0 Å². The maximum Gasteiger partial charge on any atom is 0.246 e. The number of amides is 1. The molecule has 1 aliphatic carbocycles. The van der Waals surface area contributed by atoms with Crippen molar-refractivity contribution in [3.8, 4) is 0 Å². The number of halogens is 1. The van der Waals surface area contributed by atoms with Crippen molar-refractivity contribution in [1.29, 1.82) is 0 Å². The second-order valence-electron chi connectivity index (χ2n) is 4.42. The quantitative estimate of drug-likeness (QED) is 0.785. The number of carbonyl (C=O) groups is 1. The van der Waals surface area contributed by atoms with E-state index in [0.717, 1.165) is 6.42 Å². The fourth-order valence-corrected chi connectivity index (χ4v) is 5.15. The van der Waals surface area contributed by atoms with Crippen LogP contribution in [-0.2, 0) is 14.6 Å². The molecule has 1 saturated carbocycles. The summed E-state index contributed by atoms with van der Waals surface area (Å²) in [6.07, 6.45) is 1.52. The molecule has 1 amide bonds. The molecule has 0 radical (unpaired) electrons. The Labute approximate surface area is 104 Å². The Morgan fingerprint density at radius 3 is 2.59 bits per heavy atom. The number of nitrogens with one attached hydrogen (secondary N) is 1. The molecular weight excluding hydrogens is 262 g/mol. The zero-order chi connectivity index (χ0) is 12.3. The minimum absolute atomic E-state index is 0.0703. The highest BCUT2D eigenvalue weighted by Gasteiger charge is 2.59. The third kappa shape index (κ3) is 1.18. The zero-order valence-electron chi connectivity index (χ0n) is 8.86. The SMILES string of the molecule is O=C1Nc2cccc(Cl)c2S(=O)(=O)C12CCC2. The highest BCUT2D eigenvalue weighted by atomic mass is 35.5. The van der Waals surface area contributed by atoms with Crippen LogP contribution in [0.15, 0.2) is 23.1 Å². The molecule has 0 aromatic heterocycles. The summed E-state index contributed by atoms with van der Waals surface area (Å²) in [5.74, 6) is -0.418. The molecule has 1 aliphatic heterocycles. The molecule has 6 heteroatoms. The van der Waals surface area contributed by atoms with Gasteiger partial charge in [0, 0.05) is 0 Å². The standard InChI is InChI=1S/C11H10ClNO3S/c12-7-3-1-4-8-9(7)17(15,16)11(5-2-6-11)10(14)13-8/h1,3-4H,2,5-6H2,(H,13,14). The predicted octanol–water partition coefficient (Wildman–Crippen LogP) is 1.99. The lowest BCUT2D eigenvalue weighted by atomic mass is 9.83. The van der Waals surface area contributed by atoms with Crippen LogP contribution in [0.25, 0.3) is 0 Å². The van der Waals surface area contributed by atoms with Gasteiger partial charge in [-0.3, -0.25) is 4.79 Å². The van der Waals surface area contributed by atoms with Crippen molar-refractivity contribution in [2.45, 2.75) is 28.9 Å². The van der Waals surface area contributed by atoms with E-state index in [0.29, 0.717) is 18.5 Å². The van der Waals surface area contributed by atoms with E-state index in [1.165, 1.54) is 6.07 Å². The minimum atomic E-state index is -3.67. The van der Waals surface area contributed by atoms with E-state index in [2.05, 4.69) is 5.32 Å². The largest absolute Gasteiger partial charge is 0.323 e. The van der Waals surface area contributed by atoms with Crippen molar-refractivity contribution in [3.63, 3.8) is 0 Å². The molecule has 1 aromatic rings. The Morgan fingerprint density at radius 1 is 1.29 bits per heavy atom. The van der Waals surface area contributed by atoms with E-state index in [1.54, 1.807) is 12.1 Å². The van der Waals surface area contributed by atoms with Gasteiger partial charge in [-0.05, 0) is 31.4 Å². The normalized spacial score (nSPS) is 23.7. The van der Waals surface area contributed by atoms with Crippen molar-refractivity contribution >= 4 is 33.0 Å². The summed E-state index contributed by atoms with van der Waals surface area (Å²) >= 11 is 5.95. The molecule has 17 heavy (non-hydrogen) atoms. The van der Waals surface area contributed by atoms with Crippen molar-refractivity contribution in [3.05, 3.63) is 23.2 Å². The lowest BCUT2D eigenvalue weighted by Gasteiger charge is -2.42. The molecule has 2 aliphatic rings. The van der Waals surface area contributed by atoms with Crippen molar-refractivity contribution in [2.75, 3.05) is 5.32 Å². The Hall–Kier alpha value is -1.07. The Bertz CT molecular complexity index is 620. The van der Waals surface area contributed by atoms with Crippen molar-refractivity contribution in [1.82, 2.24) is 0 Å². The van der Waals surface area contributed by atoms with Crippen LogP contribution >= 0.6 is 11.6 Å². The first kappa shape index (κ1) is 11.0. The van der Waals surface area contributed by atoms with Gasteiger partial charge in [-0.1, -0.05) is 17.7 Å². The number of fused-ring (bicyclic) bond motifs is 1. The number of hydrogen-bond acceptors (Lipinski definition) is 3. The van der Waals surface area contributed by atoms with Crippen LogP contribution in [0.4, 0.5) is 5.69 Å². The molecule has 0 unspecified atom stereocenters. The van der Waals surface area contributed by atoms with Crippen LogP contribution in [0.5, 0.6) is 0 Å². The first-order valence-corrected chi connectivity index (χ1v) is 7.20. The van der Waals surface area contributed by atoms with Crippen LogP contribution in [0, 0.1) is 0 Å². The molecule has 1 heterocycles. The molecule has 1 fully saturated rings. The summed E-state index contributed by atoms with van der Waals surface area (Å²) < 4.78 is 23.7. The fraction of sp³-hybridized carbons (Fsp3) is 0.364. The first-order chi connectivity index (χ1) is 7.99. The molecule has 1 N–H and O–H groups in total. The van der Waals surface area contributed by atoms with Gasteiger partial charge in [-0.25, -0.2) is 8.42 Å². The molecule has 1 spiro atoms. The molecule has 0 saturated heterocycles. The summed E-state index contributed by atoms with van der Waals surface area (Å²) in [7, 11) is -3.67. The molecule has 0 bridgehead atoms. The number of hydrogen-bond donors (Lipinski definition) is 1. The minimum Gasteiger partial charge on any atom is -0.323 e. The Kier molecular flexibility index (Phi) is 2.10. The second kappa shape index (κ2) is 3.23. The average molecular weight is 272 g/mol. The van der Waals surface area contributed by atoms with Crippen LogP contribution in [0.2, 0.25) is 5.02 Å². The van der Waals surface area contributed by atoms with Crippen LogP contribution in [0.3, 0.4) is 0 Å². The third-order valence-electron chi connectivity index (χ3n) is 3.57. The van der Waals surface area contributed by atoms with Gasteiger partial charge >= 0.3 is 0 Å². The van der Waals surface area contributed by atoms with E-state index in [9.17, 15) is 13.2 Å². The number of benzene rings is 1. The van der Waals surface area contributed by atoms with E-state index < -0.39 is 20.5 Å². The number of anilines is 1. The molecule has 0 atom stereocenters. The lowest BCUT2D eigenvalue weighted by molar-refractivity contribution is -0.120. The highest BCUT2D eigenvalue weighted by molar-refractivity contribution is 7.94.